The van der Waals surface area contributed by atoms with Crippen LogP contribution in [-0.4, -0.2) is 32.8 Å². The van der Waals surface area contributed by atoms with Gasteiger partial charge in [-0.1, -0.05) is 23.7 Å². The van der Waals surface area contributed by atoms with Gasteiger partial charge in [0.05, 0.1) is 29.6 Å². The number of thiazole rings is 1. The van der Waals surface area contributed by atoms with Crippen LogP contribution in [0.1, 0.15) is 16.5 Å². The number of likely N-dealkylation sites (N-methyl/N-ethyl adjacent to an activating group) is 1. The van der Waals surface area contributed by atoms with Gasteiger partial charge in [0.1, 0.15) is 23.2 Å². The molecule has 0 fully saturated rings. The first-order valence-electron chi connectivity index (χ1n) is 9.51. The van der Waals surface area contributed by atoms with Crippen molar-refractivity contribution in [1.29, 1.82) is 0 Å². The number of aromatic amines is 1. The number of hydrogen-bond donors (Lipinski definition) is 1. The van der Waals surface area contributed by atoms with Crippen LogP contribution in [0.15, 0.2) is 58.7 Å². The zero-order valence-electron chi connectivity index (χ0n) is 16.7. The Morgan fingerprint density at radius 3 is 2.74 bits per heavy atom. The number of H-pyrrole nitrogens is 1. The molecule has 158 valence electrons. The van der Waals surface area contributed by atoms with Gasteiger partial charge in [-0.05, 0) is 36.4 Å². The zero-order chi connectivity index (χ0) is 21.8. The fraction of sp³-hybridized carbons (Fsp3) is 0.182. The van der Waals surface area contributed by atoms with Gasteiger partial charge in [-0.2, -0.15) is 0 Å². The molecule has 0 aliphatic heterocycles. The van der Waals surface area contributed by atoms with Gasteiger partial charge in [0.25, 0.3) is 5.56 Å². The Balaban J connectivity index is 1.35. The maximum Gasteiger partial charge on any atom is 0.258 e. The Labute approximate surface area is 187 Å². The summed E-state index contributed by atoms with van der Waals surface area (Å²) in [5, 5.41) is 3.80. The Kier molecular flexibility index (Phi) is 6.29. The van der Waals surface area contributed by atoms with Crippen LogP contribution in [0.3, 0.4) is 0 Å². The van der Waals surface area contributed by atoms with E-state index in [1.165, 1.54) is 16.2 Å². The predicted molar refractivity (Wildman–Crippen MR) is 120 cm³/mol. The van der Waals surface area contributed by atoms with E-state index in [1.54, 1.807) is 49.5 Å². The second-order valence-electron chi connectivity index (χ2n) is 6.93. The molecule has 0 aliphatic carbocycles. The van der Waals surface area contributed by atoms with Crippen LogP contribution in [0.2, 0.25) is 5.02 Å². The number of fused-ring (bicyclic) bond motifs is 1. The highest BCUT2D eigenvalue weighted by Gasteiger charge is 2.14. The van der Waals surface area contributed by atoms with Gasteiger partial charge in [0, 0.05) is 17.5 Å². The first kappa shape index (κ1) is 21.0. The number of para-hydroxylation sites is 1. The van der Waals surface area contributed by atoms with Gasteiger partial charge in [-0.25, -0.2) is 9.97 Å². The molecule has 0 unspecified atom stereocenters. The van der Waals surface area contributed by atoms with Crippen molar-refractivity contribution in [3.05, 3.63) is 85.8 Å². The molecule has 9 heteroatoms. The molecule has 0 bridgehead atoms. The molecule has 0 saturated heterocycles. The SMILES string of the molecule is CN(Cc1nc2ccccc2c(=O)[nH]1)C(=O)Cc1csc(COc2ccc(Cl)cc2)n1. The molecule has 1 N–H and O–H groups in total. The van der Waals surface area contributed by atoms with Crippen LogP contribution in [0, 0.1) is 0 Å². The topological polar surface area (TPSA) is 88.2 Å². The average molecular weight is 455 g/mol. The number of nitrogens with zero attached hydrogens (tertiary/aromatic N) is 3. The first-order valence-corrected chi connectivity index (χ1v) is 10.8. The minimum absolute atomic E-state index is 0.119. The van der Waals surface area contributed by atoms with Crippen LogP contribution in [0.4, 0.5) is 0 Å². The molecule has 31 heavy (non-hydrogen) atoms. The summed E-state index contributed by atoms with van der Waals surface area (Å²) in [4.78, 5) is 38.0. The summed E-state index contributed by atoms with van der Waals surface area (Å²) < 4.78 is 5.69. The summed E-state index contributed by atoms with van der Waals surface area (Å²) in [6.07, 6.45) is 0.158. The van der Waals surface area contributed by atoms with Crippen molar-refractivity contribution in [3.8, 4) is 5.75 Å². The lowest BCUT2D eigenvalue weighted by molar-refractivity contribution is -0.129. The normalized spacial score (nSPS) is 10.9. The smallest absolute Gasteiger partial charge is 0.258 e. The third kappa shape index (κ3) is 5.28. The summed E-state index contributed by atoms with van der Waals surface area (Å²) >= 11 is 7.31. The quantitative estimate of drug-likeness (QED) is 0.458. The lowest BCUT2D eigenvalue weighted by atomic mass is 10.2. The second-order valence-corrected chi connectivity index (χ2v) is 8.31. The lowest BCUT2D eigenvalue weighted by Crippen LogP contribution is -2.29. The molecule has 0 saturated carbocycles. The first-order chi connectivity index (χ1) is 15.0. The van der Waals surface area contributed by atoms with Gasteiger partial charge in [0.2, 0.25) is 5.91 Å². The average Bonchev–Trinajstić information content (AvgIpc) is 3.20. The summed E-state index contributed by atoms with van der Waals surface area (Å²) in [5.41, 5.74) is 1.06. The number of benzene rings is 2. The molecule has 2 aromatic carbocycles. The summed E-state index contributed by atoms with van der Waals surface area (Å²) in [6, 6.07) is 14.2. The predicted octanol–water partition coefficient (Wildman–Crippen LogP) is 3.81. The fourth-order valence-corrected chi connectivity index (χ4v) is 3.82. The summed E-state index contributed by atoms with van der Waals surface area (Å²) in [6.45, 7) is 0.522. The largest absolute Gasteiger partial charge is 0.486 e. The van der Waals surface area contributed by atoms with Gasteiger partial charge >= 0.3 is 0 Å². The van der Waals surface area contributed by atoms with E-state index >= 15 is 0 Å². The molecule has 0 spiro atoms. The molecule has 2 heterocycles. The highest BCUT2D eigenvalue weighted by molar-refractivity contribution is 7.09. The van der Waals surface area contributed by atoms with E-state index in [2.05, 4.69) is 15.0 Å². The van der Waals surface area contributed by atoms with Crippen molar-refractivity contribution < 1.29 is 9.53 Å². The Morgan fingerprint density at radius 2 is 1.94 bits per heavy atom. The molecule has 4 aromatic rings. The van der Waals surface area contributed by atoms with E-state index in [4.69, 9.17) is 16.3 Å². The fourth-order valence-electron chi connectivity index (χ4n) is 2.98. The Morgan fingerprint density at radius 1 is 1.16 bits per heavy atom. The highest BCUT2D eigenvalue weighted by Crippen LogP contribution is 2.18. The van der Waals surface area contributed by atoms with Gasteiger partial charge in [-0.3, -0.25) is 9.59 Å². The number of hydrogen-bond acceptors (Lipinski definition) is 6. The van der Waals surface area contributed by atoms with E-state index in [0.29, 0.717) is 39.8 Å². The van der Waals surface area contributed by atoms with Crippen LogP contribution < -0.4 is 10.3 Å². The number of nitrogens with one attached hydrogen (secondary N) is 1. The van der Waals surface area contributed by atoms with E-state index < -0.39 is 0 Å². The van der Waals surface area contributed by atoms with Crippen molar-refractivity contribution in [1.82, 2.24) is 19.9 Å². The third-order valence-corrected chi connectivity index (χ3v) is 5.71. The Bertz CT molecular complexity index is 1270. The summed E-state index contributed by atoms with van der Waals surface area (Å²) in [5.74, 6) is 1.02. The molecular formula is C22H19ClN4O3S. The van der Waals surface area contributed by atoms with Crippen molar-refractivity contribution in [2.24, 2.45) is 0 Å². The van der Waals surface area contributed by atoms with Crippen LogP contribution >= 0.6 is 22.9 Å². The molecule has 0 aliphatic rings. The number of carbonyl (C=O) groups is 1. The minimum atomic E-state index is -0.216. The van der Waals surface area contributed by atoms with Crippen LogP contribution in [0.5, 0.6) is 5.75 Å². The number of carbonyl (C=O) groups excluding carboxylic acids is 1. The number of ether oxygens (including phenoxy) is 1. The van der Waals surface area contributed by atoms with Crippen LogP contribution in [0.25, 0.3) is 10.9 Å². The van der Waals surface area contributed by atoms with Gasteiger partial charge in [-0.15, -0.1) is 11.3 Å². The number of aromatic nitrogens is 3. The van der Waals surface area contributed by atoms with Gasteiger partial charge in [0.15, 0.2) is 0 Å². The highest BCUT2D eigenvalue weighted by atomic mass is 35.5. The van der Waals surface area contributed by atoms with Gasteiger partial charge < -0.3 is 14.6 Å². The molecule has 4 rings (SSSR count). The van der Waals surface area contributed by atoms with Crippen molar-refractivity contribution in [2.75, 3.05) is 7.05 Å². The minimum Gasteiger partial charge on any atom is -0.486 e. The number of halogens is 1. The maximum absolute atomic E-state index is 12.6. The van der Waals surface area contributed by atoms with Crippen molar-refractivity contribution >= 4 is 39.7 Å². The Hall–Kier alpha value is -3.23. The molecule has 0 atom stereocenters. The maximum atomic E-state index is 12.6. The van der Waals surface area contributed by atoms with E-state index in [-0.39, 0.29) is 24.4 Å². The number of amides is 1. The molecule has 7 nitrogen and oxygen atoms in total. The standard InChI is InChI=1S/C22H19ClN4O3S/c1-27(11-19-25-18-5-3-2-4-17(18)22(29)26-19)21(28)10-15-13-31-20(24-15)12-30-16-8-6-14(23)7-9-16/h2-9,13H,10-12H2,1H3,(H,25,26,29). The third-order valence-electron chi connectivity index (χ3n) is 4.58. The van der Waals surface area contributed by atoms with Crippen molar-refractivity contribution in [2.45, 2.75) is 19.6 Å². The monoisotopic (exact) mass is 454 g/mol. The molecular weight excluding hydrogens is 436 g/mol. The van der Waals surface area contributed by atoms with Crippen molar-refractivity contribution in [3.63, 3.8) is 0 Å². The lowest BCUT2D eigenvalue weighted by Gasteiger charge is -2.16. The van der Waals surface area contributed by atoms with E-state index in [9.17, 15) is 9.59 Å². The molecule has 1 amide bonds. The number of rotatable bonds is 7. The van der Waals surface area contributed by atoms with E-state index in [1.807, 2.05) is 11.4 Å². The van der Waals surface area contributed by atoms with Crippen LogP contribution in [-0.2, 0) is 24.4 Å². The zero-order valence-corrected chi connectivity index (χ0v) is 18.2. The van der Waals surface area contributed by atoms with E-state index in [0.717, 1.165) is 5.01 Å². The molecule has 2 aromatic heterocycles. The second kappa shape index (κ2) is 9.28. The summed E-state index contributed by atoms with van der Waals surface area (Å²) in [7, 11) is 1.68. The molecule has 0 radical (unpaired) electrons.